The summed E-state index contributed by atoms with van der Waals surface area (Å²) in [5.41, 5.74) is 5.31. The second-order valence-electron chi connectivity index (χ2n) is 5.14. The van der Waals surface area contributed by atoms with Crippen LogP contribution >= 0.6 is 12.2 Å². The van der Waals surface area contributed by atoms with Gasteiger partial charge >= 0.3 is 0 Å². The average molecular weight is 319 g/mol. The molecule has 0 saturated carbocycles. The Labute approximate surface area is 123 Å². The van der Waals surface area contributed by atoms with E-state index in [1.54, 1.807) is 19.9 Å². The normalized spacial score (nSPS) is 12.2. The highest BCUT2D eigenvalue weighted by atomic mass is 32.2. The molecule has 8 heteroatoms. The fourth-order valence-corrected chi connectivity index (χ4v) is 3.06. The number of sulfonamides is 1. The summed E-state index contributed by atoms with van der Waals surface area (Å²) in [7, 11) is -3.34. The fraction of sp³-hybridized carbons (Fsp3) is 0.417. The minimum absolute atomic E-state index is 0.0560. The van der Waals surface area contributed by atoms with Crippen LogP contribution in [-0.2, 0) is 10.0 Å². The van der Waals surface area contributed by atoms with Crippen LogP contribution in [0.4, 0.5) is 10.1 Å². The summed E-state index contributed by atoms with van der Waals surface area (Å²) in [6.07, 6.45) is 1.08. The molecule has 0 aromatic heterocycles. The van der Waals surface area contributed by atoms with Crippen LogP contribution in [0.5, 0.6) is 0 Å². The molecule has 1 aromatic carbocycles. The number of nitrogens with one attached hydrogen (secondary N) is 2. The fourth-order valence-electron chi connectivity index (χ4n) is 1.78. The maximum absolute atomic E-state index is 13.7. The molecule has 0 fully saturated rings. The van der Waals surface area contributed by atoms with E-state index < -0.39 is 21.4 Å². The molecular formula is C12H18FN3O2S2. The zero-order valence-corrected chi connectivity index (χ0v) is 13.2. The molecule has 4 N–H and O–H groups in total. The van der Waals surface area contributed by atoms with Gasteiger partial charge in [-0.1, -0.05) is 18.3 Å². The quantitative estimate of drug-likeness (QED) is 0.686. The topological polar surface area (TPSA) is 84.2 Å². The van der Waals surface area contributed by atoms with Gasteiger partial charge in [-0.05, 0) is 26.0 Å². The lowest BCUT2D eigenvalue weighted by atomic mass is 10.1. The Balaban J connectivity index is 2.91. The standard InChI is InChI=1S/C12H18FN3O2S2/c1-12(2,16-20(3,17)18)7-15-9-6-4-5-8(13)10(9)11(14)19/h4-6,15-16H,7H2,1-3H3,(H2,14,19). The van der Waals surface area contributed by atoms with E-state index in [1.807, 2.05) is 0 Å². The van der Waals surface area contributed by atoms with Gasteiger partial charge in [0, 0.05) is 17.8 Å². The van der Waals surface area contributed by atoms with Gasteiger partial charge in [0.25, 0.3) is 0 Å². The van der Waals surface area contributed by atoms with Gasteiger partial charge in [-0.15, -0.1) is 0 Å². The highest BCUT2D eigenvalue weighted by molar-refractivity contribution is 7.88. The summed E-state index contributed by atoms with van der Waals surface area (Å²) in [5, 5.41) is 2.96. The van der Waals surface area contributed by atoms with Crippen LogP contribution in [0.15, 0.2) is 18.2 Å². The van der Waals surface area contributed by atoms with Crippen LogP contribution in [0.3, 0.4) is 0 Å². The number of thiocarbonyl (C=S) groups is 1. The first-order valence-electron chi connectivity index (χ1n) is 5.83. The average Bonchev–Trinajstić information content (AvgIpc) is 2.22. The number of rotatable bonds is 6. The first-order valence-corrected chi connectivity index (χ1v) is 8.13. The number of halogens is 1. The second-order valence-corrected chi connectivity index (χ2v) is 7.33. The summed E-state index contributed by atoms with van der Waals surface area (Å²) < 4.78 is 38.6. The largest absolute Gasteiger partial charge is 0.389 e. The maximum atomic E-state index is 13.7. The third-order valence-electron chi connectivity index (χ3n) is 2.44. The molecule has 1 aromatic rings. The van der Waals surface area contributed by atoms with Gasteiger partial charge in [-0.25, -0.2) is 17.5 Å². The third-order valence-corrected chi connectivity index (χ3v) is 3.57. The van der Waals surface area contributed by atoms with E-state index in [1.165, 1.54) is 12.1 Å². The van der Waals surface area contributed by atoms with Gasteiger partial charge in [0.2, 0.25) is 10.0 Å². The minimum atomic E-state index is -3.34. The number of nitrogens with two attached hydrogens (primary N) is 1. The molecule has 0 bridgehead atoms. The molecule has 0 aliphatic carbocycles. The molecule has 112 valence electrons. The first kappa shape index (κ1) is 16.8. The predicted molar refractivity (Wildman–Crippen MR) is 82.8 cm³/mol. The van der Waals surface area contributed by atoms with Crippen molar-refractivity contribution in [1.29, 1.82) is 0 Å². The lowest BCUT2D eigenvalue weighted by molar-refractivity contribution is 0.476. The minimum Gasteiger partial charge on any atom is -0.389 e. The zero-order valence-electron chi connectivity index (χ0n) is 11.5. The molecule has 0 aliphatic rings. The number of anilines is 1. The predicted octanol–water partition coefficient (Wildman–Crippen LogP) is 1.20. The molecule has 0 saturated heterocycles. The molecule has 0 radical (unpaired) electrons. The molecule has 0 spiro atoms. The molecule has 0 unspecified atom stereocenters. The van der Waals surface area contributed by atoms with Crippen LogP contribution in [0.25, 0.3) is 0 Å². The number of hydrogen-bond donors (Lipinski definition) is 3. The van der Waals surface area contributed by atoms with Gasteiger partial charge in [-0.2, -0.15) is 0 Å². The number of benzene rings is 1. The Bertz CT molecular complexity index is 615. The molecule has 0 amide bonds. The van der Waals surface area contributed by atoms with Crippen molar-refractivity contribution < 1.29 is 12.8 Å². The van der Waals surface area contributed by atoms with E-state index in [-0.39, 0.29) is 17.1 Å². The lowest BCUT2D eigenvalue weighted by Gasteiger charge is -2.26. The Morgan fingerprint density at radius 3 is 2.55 bits per heavy atom. The molecular weight excluding hydrogens is 301 g/mol. The summed E-state index contributed by atoms with van der Waals surface area (Å²) in [6, 6.07) is 4.42. The van der Waals surface area contributed by atoms with Crippen LogP contribution in [0.1, 0.15) is 19.4 Å². The maximum Gasteiger partial charge on any atom is 0.209 e. The summed E-state index contributed by atoms with van der Waals surface area (Å²) in [5.74, 6) is -0.517. The van der Waals surface area contributed by atoms with Gasteiger partial charge in [0.15, 0.2) is 0 Å². The van der Waals surface area contributed by atoms with E-state index in [4.69, 9.17) is 18.0 Å². The Kier molecular flexibility index (Phi) is 5.06. The lowest BCUT2D eigenvalue weighted by Crippen LogP contribution is -2.47. The Morgan fingerprint density at radius 2 is 2.05 bits per heavy atom. The van der Waals surface area contributed by atoms with Crippen molar-refractivity contribution in [2.45, 2.75) is 19.4 Å². The van der Waals surface area contributed by atoms with Gasteiger partial charge in [0.05, 0.1) is 11.8 Å². The highest BCUT2D eigenvalue weighted by Gasteiger charge is 2.22. The van der Waals surface area contributed by atoms with Crippen molar-refractivity contribution in [3.05, 3.63) is 29.6 Å². The summed E-state index contributed by atoms with van der Waals surface area (Å²) in [6.45, 7) is 3.67. The van der Waals surface area contributed by atoms with Crippen molar-refractivity contribution in [3.63, 3.8) is 0 Å². The smallest absolute Gasteiger partial charge is 0.209 e. The van der Waals surface area contributed by atoms with E-state index in [9.17, 15) is 12.8 Å². The van der Waals surface area contributed by atoms with Gasteiger partial charge in [0.1, 0.15) is 10.8 Å². The van der Waals surface area contributed by atoms with E-state index in [0.29, 0.717) is 5.69 Å². The van der Waals surface area contributed by atoms with Crippen molar-refractivity contribution in [1.82, 2.24) is 4.72 Å². The highest BCUT2D eigenvalue weighted by Crippen LogP contribution is 2.19. The summed E-state index contributed by atoms with van der Waals surface area (Å²) >= 11 is 4.82. The second kappa shape index (κ2) is 6.02. The Hall–Kier alpha value is -1.25. The van der Waals surface area contributed by atoms with Crippen molar-refractivity contribution >= 4 is 32.9 Å². The molecule has 0 heterocycles. The Morgan fingerprint density at radius 1 is 1.45 bits per heavy atom. The molecule has 0 atom stereocenters. The van der Waals surface area contributed by atoms with Gasteiger partial charge < -0.3 is 11.1 Å². The zero-order chi connectivity index (χ0) is 15.6. The van der Waals surface area contributed by atoms with E-state index in [2.05, 4.69) is 10.0 Å². The third kappa shape index (κ3) is 5.03. The van der Waals surface area contributed by atoms with Crippen molar-refractivity contribution in [2.24, 2.45) is 5.73 Å². The van der Waals surface area contributed by atoms with Crippen LogP contribution in [-0.4, -0.2) is 31.7 Å². The van der Waals surface area contributed by atoms with Crippen molar-refractivity contribution in [2.75, 3.05) is 18.1 Å². The first-order chi connectivity index (χ1) is 9.02. The molecule has 20 heavy (non-hydrogen) atoms. The van der Waals surface area contributed by atoms with Crippen LogP contribution in [0, 0.1) is 5.82 Å². The molecule has 1 rings (SSSR count). The van der Waals surface area contributed by atoms with Crippen molar-refractivity contribution in [3.8, 4) is 0 Å². The molecule has 5 nitrogen and oxygen atoms in total. The van der Waals surface area contributed by atoms with Crippen LogP contribution < -0.4 is 15.8 Å². The monoisotopic (exact) mass is 319 g/mol. The SMILES string of the molecule is CC(C)(CNc1cccc(F)c1C(N)=S)NS(C)(=O)=O. The van der Waals surface area contributed by atoms with Crippen LogP contribution in [0.2, 0.25) is 0 Å². The molecule has 0 aliphatic heterocycles. The summed E-state index contributed by atoms with van der Waals surface area (Å²) in [4.78, 5) is -0.0560. The van der Waals surface area contributed by atoms with E-state index >= 15 is 0 Å². The van der Waals surface area contributed by atoms with Gasteiger partial charge in [-0.3, -0.25) is 0 Å². The van der Waals surface area contributed by atoms with E-state index in [0.717, 1.165) is 6.26 Å². The number of hydrogen-bond acceptors (Lipinski definition) is 4.